The van der Waals surface area contributed by atoms with Crippen LogP contribution >= 0.6 is 0 Å². The van der Waals surface area contributed by atoms with E-state index in [1.165, 1.54) is 10.8 Å². The van der Waals surface area contributed by atoms with E-state index in [1.54, 1.807) is 0 Å². The molecule has 63 heavy (non-hydrogen) atoms. The van der Waals surface area contributed by atoms with Crippen LogP contribution in [0.4, 0.5) is 0 Å². The molecule has 0 radical (unpaired) electrons. The van der Waals surface area contributed by atoms with Gasteiger partial charge in [-0.05, 0) is 66.2 Å². The van der Waals surface area contributed by atoms with Gasteiger partial charge < -0.3 is 9.13 Å². The van der Waals surface area contributed by atoms with Crippen molar-refractivity contribution < 1.29 is 0 Å². The Balaban J connectivity index is 1.11. The van der Waals surface area contributed by atoms with Gasteiger partial charge in [-0.25, -0.2) is 4.98 Å². The number of nitrogens with zero attached hydrogens (tertiary/aromatic N) is 6. The van der Waals surface area contributed by atoms with Gasteiger partial charge in [0.2, 0.25) is 5.95 Å². The number of hydrogen-bond acceptors (Lipinski definition) is 3. The highest BCUT2D eigenvalue weighted by Gasteiger charge is 2.24. The summed E-state index contributed by atoms with van der Waals surface area (Å²) in [5.41, 5.74) is 12.8. The molecule has 0 fully saturated rings. The van der Waals surface area contributed by atoms with E-state index in [0.29, 0.717) is 17.6 Å². The molecule has 9 aromatic carbocycles. The fourth-order valence-corrected chi connectivity index (χ4v) is 9.78. The molecule has 0 N–H and O–H groups in total. The van der Waals surface area contributed by atoms with Crippen molar-refractivity contribution in [3.63, 3.8) is 0 Å². The van der Waals surface area contributed by atoms with Crippen LogP contribution in [-0.4, -0.2) is 28.7 Å². The summed E-state index contributed by atoms with van der Waals surface area (Å²) >= 11 is 0. The van der Waals surface area contributed by atoms with E-state index in [-0.39, 0.29) is 0 Å². The number of benzene rings is 9. The van der Waals surface area contributed by atoms with Crippen molar-refractivity contribution in [2.24, 2.45) is 0 Å². The molecule has 0 spiro atoms. The molecule has 0 atom stereocenters. The normalized spacial score (nSPS) is 11.8. The van der Waals surface area contributed by atoms with Crippen molar-refractivity contribution in [1.29, 1.82) is 0 Å². The average molecular weight is 805 g/mol. The van der Waals surface area contributed by atoms with E-state index < -0.39 is 0 Å². The van der Waals surface area contributed by atoms with Gasteiger partial charge in [0.25, 0.3) is 0 Å². The molecule has 0 saturated carbocycles. The third-order valence-electron chi connectivity index (χ3n) is 12.5. The van der Waals surface area contributed by atoms with Crippen molar-refractivity contribution in [3.05, 3.63) is 218 Å². The molecule has 0 bridgehead atoms. The van der Waals surface area contributed by atoms with E-state index in [1.807, 2.05) is 18.2 Å². The van der Waals surface area contributed by atoms with E-state index in [2.05, 4.69) is 214 Å². The lowest BCUT2D eigenvalue weighted by Crippen LogP contribution is -2.07. The molecule has 0 aliphatic carbocycles. The summed E-state index contributed by atoms with van der Waals surface area (Å²) in [7, 11) is 0. The Morgan fingerprint density at radius 2 is 0.794 bits per heavy atom. The zero-order valence-electron chi connectivity index (χ0n) is 34.0. The van der Waals surface area contributed by atoms with Gasteiger partial charge in [0.05, 0.1) is 38.8 Å². The summed E-state index contributed by atoms with van der Waals surface area (Å²) in [5.74, 6) is 1.75. The number of fused-ring (bicyclic) bond motifs is 10. The summed E-state index contributed by atoms with van der Waals surface area (Å²) in [6, 6.07) is 77.2. The molecule has 0 amide bonds. The molecular formula is C57H36N6. The van der Waals surface area contributed by atoms with E-state index in [9.17, 15) is 0 Å². The summed E-state index contributed by atoms with van der Waals surface area (Å²) in [6.45, 7) is 0. The highest BCUT2D eigenvalue weighted by atomic mass is 15.2. The molecule has 13 rings (SSSR count). The van der Waals surface area contributed by atoms with Gasteiger partial charge >= 0.3 is 0 Å². The molecule has 13 aromatic rings. The largest absolute Gasteiger partial charge is 0.309 e. The van der Waals surface area contributed by atoms with Gasteiger partial charge in [-0.15, -0.1) is 0 Å². The fraction of sp³-hybridized carbons (Fsp3) is 0. The smallest absolute Gasteiger partial charge is 0.238 e. The molecule has 0 aliphatic rings. The second-order valence-electron chi connectivity index (χ2n) is 16.0. The number of rotatable bonds is 6. The Labute approximate surface area is 362 Å². The zero-order chi connectivity index (χ0) is 41.4. The molecule has 6 heteroatoms. The maximum Gasteiger partial charge on any atom is 0.238 e. The van der Waals surface area contributed by atoms with E-state index in [4.69, 9.17) is 15.0 Å². The third-order valence-corrected chi connectivity index (χ3v) is 12.5. The van der Waals surface area contributed by atoms with Crippen LogP contribution < -0.4 is 0 Å². The Morgan fingerprint density at radius 3 is 1.43 bits per heavy atom. The van der Waals surface area contributed by atoms with Crippen LogP contribution in [0.25, 0.3) is 117 Å². The first-order valence-corrected chi connectivity index (χ1v) is 21.3. The lowest BCUT2D eigenvalue weighted by molar-refractivity contribution is 0.955. The van der Waals surface area contributed by atoms with E-state index >= 15 is 0 Å². The predicted octanol–water partition coefficient (Wildman–Crippen LogP) is 14.2. The summed E-state index contributed by atoms with van der Waals surface area (Å²) in [4.78, 5) is 16.1. The van der Waals surface area contributed by atoms with Crippen LogP contribution in [0.1, 0.15) is 0 Å². The van der Waals surface area contributed by atoms with Crippen LogP contribution in [0.15, 0.2) is 218 Å². The molecular weight excluding hydrogens is 769 g/mol. The van der Waals surface area contributed by atoms with Crippen LogP contribution in [0.3, 0.4) is 0 Å². The number of hydrogen-bond donors (Lipinski definition) is 0. The molecule has 0 unspecified atom stereocenters. The van der Waals surface area contributed by atoms with Crippen LogP contribution in [0, 0.1) is 0 Å². The average Bonchev–Trinajstić information content (AvgIpc) is 4.00. The van der Waals surface area contributed by atoms with Crippen molar-refractivity contribution in [1.82, 2.24) is 28.7 Å². The lowest BCUT2D eigenvalue weighted by Gasteiger charge is -2.16. The highest BCUT2D eigenvalue weighted by Crippen LogP contribution is 2.43. The number of para-hydroxylation sites is 5. The molecule has 0 saturated heterocycles. The summed E-state index contributed by atoms with van der Waals surface area (Å²) in [6.07, 6.45) is 0. The van der Waals surface area contributed by atoms with Crippen LogP contribution in [0.5, 0.6) is 0 Å². The number of aromatic nitrogens is 6. The Kier molecular flexibility index (Phi) is 7.80. The van der Waals surface area contributed by atoms with E-state index in [0.717, 1.165) is 88.3 Å². The molecule has 4 aromatic heterocycles. The van der Waals surface area contributed by atoms with Crippen molar-refractivity contribution in [3.8, 4) is 51.2 Å². The second kappa shape index (κ2) is 14.0. The van der Waals surface area contributed by atoms with Crippen molar-refractivity contribution >= 4 is 65.4 Å². The van der Waals surface area contributed by atoms with Gasteiger partial charge in [-0.2, -0.15) is 9.97 Å². The minimum Gasteiger partial charge on any atom is -0.309 e. The van der Waals surface area contributed by atoms with Gasteiger partial charge in [0.15, 0.2) is 11.6 Å². The monoisotopic (exact) mass is 804 g/mol. The SMILES string of the molecule is c1ccc(-c2nc(-c3ccc(-n4c5ccccc5c5ccccc54)c(-c4ccccc4)c3)nc(-n3c4ccccc4c4ccc5c(c6ccccc6n5-c5ccccc5)c43)n2)cc1. The van der Waals surface area contributed by atoms with Gasteiger partial charge in [-0.1, -0.05) is 158 Å². The second-order valence-corrected chi connectivity index (χ2v) is 16.0. The van der Waals surface area contributed by atoms with Gasteiger partial charge in [0, 0.05) is 54.7 Å². The minimum absolute atomic E-state index is 0.557. The highest BCUT2D eigenvalue weighted by molar-refractivity contribution is 6.26. The minimum atomic E-state index is 0.557. The van der Waals surface area contributed by atoms with Gasteiger partial charge in [-0.3, -0.25) is 4.57 Å². The molecule has 4 heterocycles. The molecule has 0 aliphatic heterocycles. The molecule has 294 valence electrons. The zero-order valence-corrected chi connectivity index (χ0v) is 34.0. The summed E-state index contributed by atoms with van der Waals surface area (Å²) in [5, 5.41) is 7.02. The standard InChI is InChI=1S/C57H36N6/c1-4-18-37(19-5-1)46-36-39(32-34-51(46)62-47-28-14-10-24-41(47)42-25-11-15-29-48(42)62)56-58-55(38-20-6-2-7-21-38)59-57(60-56)63-49-30-16-12-26-43(49)44-33-35-52-53(54(44)63)45-27-13-17-31-50(45)61(52)40-22-8-3-9-23-40/h1-36H. The first-order chi connectivity index (χ1) is 31.3. The van der Waals surface area contributed by atoms with Crippen LogP contribution in [-0.2, 0) is 0 Å². The lowest BCUT2D eigenvalue weighted by atomic mass is 10.00. The Hall–Kier alpha value is -8.61. The predicted molar refractivity (Wildman–Crippen MR) is 259 cm³/mol. The summed E-state index contributed by atoms with van der Waals surface area (Å²) < 4.78 is 7.02. The van der Waals surface area contributed by atoms with Crippen molar-refractivity contribution in [2.75, 3.05) is 0 Å². The Morgan fingerprint density at radius 1 is 0.302 bits per heavy atom. The third kappa shape index (κ3) is 5.41. The maximum atomic E-state index is 5.48. The fourth-order valence-electron chi connectivity index (χ4n) is 9.78. The maximum absolute atomic E-state index is 5.48. The molecule has 6 nitrogen and oxygen atoms in total. The van der Waals surface area contributed by atoms with Gasteiger partial charge in [0.1, 0.15) is 0 Å². The topological polar surface area (TPSA) is 53.5 Å². The first kappa shape index (κ1) is 35.2. The first-order valence-electron chi connectivity index (χ1n) is 21.3. The van der Waals surface area contributed by atoms with Crippen molar-refractivity contribution in [2.45, 2.75) is 0 Å². The quantitative estimate of drug-likeness (QED) is 0.168. The Bertz CT molecular complexity index is 3850. The van der Waals surface area contributed by atoms with Crippen LogP contribution in [0.2, 0.25) is 0 Å².